The van der Waals surface area contributed by atoms with Crippen molar-refractivity contribution in [2.24, 2.45) is 5.73 Å². The lowest BCUT2D eigenvalue weighted by molar-refractivity contribution is 0.406. The Morgan fingerprint density at radius 3 is 2.75 bits per heavy atom. The molecule has 1 aliphatic rings. The molecule has 0 bridgehead atoms. The summed E-state index contributed by atoms with van der Waals surface area (Å²) < 4.78 is 5.02. The van der Waals surface area contributed by atoms with Gasteiger partial charge in [0, 0.05) is 5.54 Å². The largest absolute Gasteiger partial charge is 0.506 e. The van der Waals surface area contributed by atoms with Gasteiger partial charge in [-0.25, -0.2) is 0 Å². The molecule has 0 unspecified atom stereocenters. The number of rotatable bonds is 4. The number of phenols is 1. The molecule has 1 aliphatic carbocycles. The Kier molecular flexibility index (Phi) is 3.00. The van der Waals surface area contributed by atoms with Gasteiger partial charge in [-0.15, -0.1) is 0 Å². The van der Waals surface area contributed by atoms with Crippen molar-refractivity contribution >= 4 is 11.6 Å². The van der Waals surface area contributed by atoms with Crippen molar-refractivity contribution in [1.82, 2.24) is 0 Å². The fourth-order valence-corrected chi connectivity index (χ4v) is 2.00. The van der Waals surface area contributed by atoms with E-state index in [4.69, 9.17) is 22.1 Å². The van der Waals surface area contributed by atoms with E-state index in [1.165, 1.54) is 7.11 Å². The molecule has 1 fully saturated rings. The molecular weight excluding hydrogens is 226 g/mol. The van der Waals surface area contributed by atoms with Crippen LogP contribution in [0.15, 0.2) is 12.1 Å². The number of aromatic hydroxyl groups is 1. The average molecular weight is 242 g/mol. The van der Waals surface area contributed by atoms with E-state index in [2.05, 4.69) is 0 Å². The minimum atomic E-state index is -0.00115. The minimum absolute atomic E-state index is 0.00115. The Bertz CT molecular complexity index is 402. The highest BCUT2D eigenvalue weighted by atomic mass is 35.5. The zero-order valence-electron chi connectivity index (χ0n) is 9.29. The molecule has 0 radical (unpaired) electrons. The van der Waals surface area contributed by atoms with Crippen molar-refractivity contribution < 1.29 is 9.84 Å². The van der Waals surface area contributed by atoms with E-state index in [0.29, 0.717) is 5.75 Å². The lowest BCUT2D eigenvalue weighted by atomic mass is 10.0. The summed E-state index contributed by atoms with van der Waals surface area (Å²) in [6.07, 6.45) is 3.81. The third kappa shape index (κ3) is 2.25. The van der Waals surface area contributed by atoms with Crippen molar-refractivity contribution in [2.45, 2.75) is 31.2 Å². The summed E-state index contributed by atoms with van der Waals surface area (Å²) in [4.78, 5) is 0. The van der Waals surface area contributed by atoms with Gasteiger partial charge in [0.25, 0.3) is 0 Å². The fraction of sp³-hybridized carbons (Fsp3) is 0.500. The highest BCUT2D eigenvalue weighted by Gasteiger charge is 2.37. The molecule has 16 heavy (non-hydrogen) atoms. The second-order valence-electron chi connectivity index (χ2n) is 4.45. The summed E-state index contributed by atoms with van der Waals surface area (Å²) >= 11 is 5.96. The highest BCUT2D eigenvalue weighted by Crippen LogP contribution is 2.40. The number of ether oxygens (including phenoxy) is 1. The maximum Gasteiger partial charge on any atom is 0.141 e. The number of nitrogens with two attached hydrogens (primary N) is 1. The van der Waals surface area contributed by atoms with Crippen molar-refractivity contribution in [3.63, 3.8) is 0 Å². The zero-order chi connectivity index (χ0) is 11.8. The average Bonchev–Trinajstić information content (AvgIpc) is 2.99. The van der Waals surface area contributed by atoms with Crippen LogP contribution in [-0.4, -0.2) is 17.8 Å². The normalized spacial score (nSPS) is 17.2. The predicted molar refractivity (Wildman–Crippen MR) is 64.1 cm³/mol. The third-order valence-corrected chi connectivity index (χ3v) is 3.53. The van der Waals surface area contributed by atoms with Crippen LogP contribution in [0.4, 0.5) is 0 Å². The summed E-state index contributed by atoms with van der Waals surface area (Å²) in [5.74, 6) is 0.613. The second-order valence-corrected chi connectivity index (χ2v) is 4.83. The first kappa shape index (κ1) is 11.6. The van der Waals surface area contributed by atoms with Gasteiger partial charge in [-0.05, 0) is 37.3 Å². The predicted octanol–water partition coefficient (Wildman–Crippen LogP) is 2.48. The van der Waals surface area contributed by atoms with Gasteiger partial charge in [0.1, 0.15) is 16.5 Å². The number of hydrogen-bond acceptors (Lipinski definition) is 3. The fourth-order valence-electron chi connectivity index (χ4n) is 1.74. The van der Waals surface area contributed by atoms with E-state index in [-0.39, 0.29) is 16.3 Å². The van der Waals surface area contributed by atoms with Crippen LogP contribution in [0.2, 0.25) is 5.02 Å². The number of phenolic OH excluding ortho intramolecular Hbond substituents is 1. The maximum atomic E-state index is 9.87. The Morgan fingerprint density at radius 2 is 2.19 bits per heavy atom. The molecule has 2 rings (SSSR count). The molecule has 0 saturated heterocycles. The molecule has 1 saturated carbocycles. The monoisotopic (exact) mass is 241 g/mol. The number of hydrogen-bond donors (Lipinski definition) is 2. The van der Waals surface area contributed by atoms with E-state index in [9.17, 15) is 5.11 Å². The first-order valence-electron chi connectivity index (χ1n) is 5.39. The van der Waals surface area contributed by atoms with Crippen LogP contribution >= 0.6 is 11.6 Å². The highest BCUT2D eigenvalue weighted by molar-refractivity contribution is 6.33. The lowest BCUT2D eigenvalue weighted by Crippen LogP contribution is -2.22. The van der Waals surface area contributed by atoms with E-state index in [1.807, 2.05) is 6.07 Å². The van der Waals surface area contributed by atoms with Crippen LogP contribution < -0.4 is 10.5 Å². The van der Waals surface area contributed by atoms with Gasteiger partial charge in [-0.2, -0.15) is 0 Å². The SMILES string of the molecule is COc1ccc(CCC2(N)CC2)c(O)c1Cl. The van der Waals surface area contributed by atoms with Gasteiger partial charge in [0.15, 0.2) is 0 Å². The quantitative estimate of drug-likeness (QED) is 0.852. The molecule has 88 valence electrons. The van der Waals surface area contributed by atoms with Crippen LogP contribution in [0, 0.1) is 0 Å². The van der Waals surface area contributed by atoms with Crippen LogP contribution in [0.25, 0.3) is 0 Å². The summed E-state index contributed by atoms with van der Waals surface area (Å²) in [5.41, 5.74) is 6.83. The summed E-state index contributed by atoms with van der Waals surface area (Å²) in [5, 5.41) is 10.2. The second kappa shape index (κ2) is 4.15. The van der Waals surface area contributed by atoms with Crippen molar-refractivity contribution in [3.8, 4) is 11.5 Å². The molecule has 4 heteroatoms. The lowest BCUT2D eigenvalue weighted by Gasteiger charge is -2.12. The van der Waals surface area contributed by atoms with Crippen LogP contribution in [0.1, 0.15) is 24.8 Å². The maximum absolute atomic E-state index is 9.87. The molecule has 0 aromatic heterocycles. The van der Waals surface area contributed by atoms with Crippen LogP contribution in [0.3, 0.4) is 0 Å². The molecule has 0 aliphatic heterocycles. The number of methoxy groups -OCH3 is 1. The molecule has 0 amide bonds. The molecule has 1 aromatic rings. The Balaban J connectivity index is 2.12. The molecule has 0 heterocycles. The van der Waals surface area contributed by atoms with Gasteiger partial charge in [0.05, 0.1) is 7.11 Å². The summed E-state index contributed by atoms with van der Waals surface area (Å²) in [6.45, 7) is 0. The summed E-state index contributed by atoms with van der Waals surface area (Å²) in [7, 11) is 1.53. The Labute approximate surface area is 100 Å². The molecular formula is C12H16ClNO2. The van der Waals surface area contributed by atoms with E-state index < -0.39 is 0 Å². The van der Waals surface area contributed by atoms with E-state index in [0.717, 1.165) is 31.2 Å². The molecule has 3 N–H and O–H groups in total. The summed E-state index contributed by atoms with van der Waals surface area (Å²) in [6, 6.07) is 3.61. The van der Waals surface area contributed by atoms with Gasteiger partial charge < -0.3 is 15.6 Å². The van der Waals surface area contributed by atoms with Crippen molar-refractivity contribution in [3.05, 3.63) is 22.7 Å². The molecule has 3 nitrogen and oxygen atoms in total. The Morgan fingerprint density at radius 1 is 1.50 bits per heavy atom. The van der Waals surface area contributed by atoms with Gasteiger partial charge in [0.2, 0.25) is 0 Å². The van der Waals surface area contributed by atoms with Gasteiger partial charge in [-0.1, -0.05) is 17.7 Å². The van der Waals surface area contributed by atoms with Gasteiger partial charge >= 0.3 is 0 Å². The van der Waals surface area contributed by atoms with Crippen LogP contribution in [0.5, 0.6) is 11.5 Å². The third-order valence-electron chi connectivity index (χ3n) is 3.17. The van der Waals surface area contributed by atoms with E-state index >= 15 is 0 Å². The number of benzene rings is 1. The van der Waals surface area contributed by atoms with Crippen molar-refractivity contribution in [1.29, 1.82) is 0 Å². The van der Waals surface area contributed by atoms with Crippen LogP contribution in [-0.2, 0) is 6.42 Å². The smallest absolute Gasteiger partial charge is 0.141 e. The first-order chi connectivity index (χ1) is 7.56. The van der Waals surface area contributed by atoms with E-state index in [1.54, 1.807) is 6.07 Å². The van der Waals surface area contributed by atoms with Gasteiger partial charge in [-0.3, -0.25) is 0 Å². The minimum Gasteiger partial charge on any atom is -0.506 e. The van der Waals surface area contributed by atoms with Crippen molar-refractivity contribution in [2.75, 3.05) is 7.11 Å². The standard InChI is InChI=1S/C12H16ClNO2/c1-16-9-3-2-8(11(15)10(9)13)4-5-12(14)6-7-12/h2-3,15H,4-7,14H2,1H3. The first-order valence-corrected chi connectivity index (χ1v) is 5.77. The topological polar surface area (TPSA) is 55.5 Å². The molecule has 0 spiro atoms. The zero-order valence-corrected chi connectivity index (χ0v) is 10.0. The molecule has 0 atom stereocenters. The molecule has 1 aromatic carbocycles. The number of halogens is 1. The Hall–Kier alpha value is -0.930. The number of aryl methyl sites for hydroxylation is 1.